The number of carbonyl (C=O) groups excluding carboxylic acids is 1. The molecule has 0 saturated carbocycles. The lowest BCUT2D eigenvalue weighted by atomic mass is 10.1. The monoisotopic (exact) mass is 342 g/mol. The number of hydrogen-bond donors (Lipinski definition) is 2. The van der Waals surface area contributed by atoms with Crippen molar-refractivity contribution in [2.75, 3.05) is 26.2 Å². The van der Waals surface area contributed by atoms with Gasteiger partial charge in [-0.15, -0.1) is 0 Å². The lowest BCUT2D eigenvalue weighted by Crippen LogP contribution is -2.31. The van der Waals surface area contributed by atoms with E-state index in [-0.39, 0.29) is 17.9 Å². The third kappa shape index (κ3) is 4.89. The van der Waals surface area contributed by atoms with Crippen LogP contribution in [-0.2, 0) is 11.2 Å². The molecule has 1 aliphatic rings. The number of amides is 1. The van der Waals surface area contributed by atoms with E-state index < -0.39 is 0 Å². The quantitative estimate of drug-likeness (QED) is 0.786. The first-order valence-corrected chi connectivity index (χ1v) is 9.19. The highest BCUT2D eigenvalue weighted by Crippen LogP contribution is 2.13. The average Bonchev–Trinajstić information content (AvgIpc) is 2.90. The molecular weight excluding hydrogens is 316 g/mol. The summed E-state index contributed by atoms with van der Waals surface area (Å²) in [4.78, 5) is 26.5. The van der Waals surface area contributed by atoms with Gasteiger partial charge in [0.1, 0.15) is 0 Å². The molecule has 1 amide bonds. The van der Waals surface area contributed by atoms with E-state index in [0.717, 1.165) is 18.4 Å². The Balaban J connectivity index is 1.48. The molecule has 1 saturated heterocycles. The van der Waals surface area contributed by atoms with Crippen LogP contribution < -0.4 is 10.9 Å². The van der Waals surface area contributed by atoms with E-state index in [9.17, 15) is 9.59 Å². The summed E-state index contributed by atoms with van der Waals surface area (Å²) in [6.45, 7) is 4.08. The summed E-state index contributed by atoms with van der Waals surface area (Å²) in [5, 5.41) is 10.8. The summed E-state index contributed by atoms with van der Waals surface area (Å²) in [5.74, 6) is -0.0550. The first kappa shape index (κ1) is 17.6. The molecule has 2 N–H and O–H groups in total. The van der Waals surface area contributed by atoms with Crippen molar-refractivity contribution in [2.45, 2.75) is 38.5 Å². The van der Waals surface area contributed by atoms with E-state index in [1.54, 1.807) is 6.07 Å². The number of carbonyl (C=O) groups is 1. The Morgan fingerprint density at radius 1 is 1.12 bits per heavy atom. The topological polar surface area (TPSA) is 78.1 Å². The molecular formula is C19H26N4O2. The minimum Gasteiger partial charge on any atom is -0.356 e. The van der Waals surface area contributed by atoms with Gasteiger partial charge in [-0.25, -0.2) is 5.10 Å². The van der Waals surface area contributed by atoms with Crippen LogP contribution in [0.2, 0.25) is 0 Å². The van der Waals surface area contributed by atoms with Gasteiger partial charge < -0.3 is 10.2 Å². The maximum Gasteiger partial charge on any atom is 0.272 e. The number of nitrogens with zero attached hydrogens (tertiary/aromatic N) is 2. The predicted octanol–water partition coefficient (Wildman–Crippen LogP) is 1.85. The van der Waals surface area contributed by atoms with Gasteiger partial charge >= 0.3 is 0 Å². The van der Waals surface area contributed by atoms with Crippen molar-refractivity contribution in [2.24, 2.45) is 0 Å². The number of aromatic amines is 1. The highest BCUT2D eigenvalue weighted by molar-refractivity contribution is 5.88. The van der Waals surface area contributed by atoms with Crippen LogP contribution in [0.1, 0.15) is 37.8 Å². The van der Waals surface area contributed by atoms with E-state index in [2.05, 4.69) is 20.4 Å². The minimum absolute atomic E-state index is 0.0550. The van der Waals surface area contributed by atoms with Crippen LogP contribution in [0.4, 0.5) is 0 Å². The van der Waals surface area contributed by atoms with E-state index in [0.29, 0.717) is 17.6 Å². The summed E-state index contributed by atoms with van der Waals surface area (Å²) in [6.07, 6.45) is 6.40. The maximum absolute atomic E-state index is 12.2. The van der Waals surface area contributed by atoms with Crippen LogP contribution in [0.3, 0.4) is 0 Å². The van der Waals surface area contributed by atoms with Gasteiger partial charge in [0.2, 0.25) is 5.91 Å². The summed E-state index contributed by atoms with van der Waals surface area (Å²) >= 11 is 0. The molecule has 0 unspecified atom stereocenters. The fourth-order valence-electron chi connectivity index (χ4n) is 3.41. The fourth-order valence-corrected chi connectivity index (χ4v) is 3.41. The summed E-state index contributed by atoms with van der Waals surface area (Å²) < 4.78 is 0. The minimum atomic E-state index is -0.225. The smallest absolute Gasteiger partial charge is 0.272 e. The van der Waals surface area contributed by atoms with Gasteiger partial charge in [0.25, 0.3) is 5.56 Å². The van der Waals surface area contributed by atoms with Crippen LogP contribution in [0.15, 0.2) is 29.1 Å². The number of nitrogens with one attached hydrogen (secondary N) is 2. The second-order valence-corrected chi connectivity index (χ2v) is 6.68. The Hall–Kier alpha value is -2.21. The number of rotatable bonds is 6. The SMILES string of the molecule is O=C(Cc1n[nH]c(=O)c2ccccc12)NCCCN1CCCCCC1. The molecule has 1 aliphatic heterocycles. The standard InChI is InChI=1S/C19H26N4O2/c24-18(20-10-7-13-23-11-5-1-2-6-12-23)14-17-15-8-3-4-9-16(15)19(25)22-21-17/h3-4,8-9H,1-2,5-7,10-14H2,(H,20,24)(H,22,25). The summed E-state index contributed by atoms with van der Waals surface area (Å²) in [5.41, 5.74) is 0.387. The normalized spacial score (nSPS) is 15.8. The molecule has 2 heterocycles. The number of H-pyrrole nitrogens is 1. The largest absolute Gasteiger partial charge is 0.356 e. The van der Waals surface area contributed by atoms with E-state index in [1.807, 2.05) is 18.2 Å². The second kappa shape index (κ2) is 8.76. The first-order valence-electron chi connectivity index (χ1n) is 9.19. The summed E-state index contributed by atoms with van der Waals surface area (Å²) in [6, 6.07) is 7.24. The lowest BCUT2D eigenvalue weighted by molar-refractivity contribution is -0.120. The third-order valence-corrected chi connectivity index (χ3v) is 4.77. The highest BCUT2D eigenvalue weighted by Gasteiger charge is 2.11. The molecule has 6 heteroatoms. The number of aromatic nitrogens is 2. The fraction of sp³-hybridized carbons (Fsp3) is 0.526. The van der Waals surface area contributed by atoms with Crippen molar-refractivity contribution in [3.05, 3.63) is 40.3 Å². The Bertz CT molecular complexity index is 763. The van der Waals surface area contributed by atoms with E-state index in [1.165, 1.54) is 38.8 Å². The highest BCUT2D eigenvalue weighted by atomic mass is 16.1. The molecule has 3 rings (SSSR count). The second-order valence-electron chi connectivity index (χ2n) is 6.68. The molecule has 2 aromatic rings. The molecule has 1 aromatic carbocycles. The maximum atomic E-state index is 12.2. The van der Waals surface area contributed by atoms with Crippen LogP contribution in [0, 0.1) is 0 Å². The van der Waals surface area contributed by atoms with Crippen LogP contribution in [-0.4, -0.2) is 47.2 Å². The Kier molecular flexibility index (Phi) is 6.17. The predicted molar refractivity (Wildman–Crippen MR) is 98.6 cm³/mol. The van der Waals surface area contributed by atoms with Gasteiger partial charge in [-0.1, -0.05) is 31.0 Å². The molecule has 0 aliphatic carbocycles. The molecule has 134 valence electrons. The van der Waals surface area contributed by atoms with Crippen molar-refractivity contribution in [1.29, 1.82) is 0 Å². The van der Waals surface area contributed by atoms with Crippen molar-refractivity contribution in [3.63, 3.8) is 0 Å². The number of likely N-dealkylation sites (tertiary alicyclic amines) is 1. The molecule has 6 nitrogen and oxygen atoms in total. The van der Waals surface area contributed by atoms with Crippen LogP contribution >= 0.6 is 0 Å². The molecule has 0 bridgehead atoms. The third-order valence-electron chi connectivity index (χ3n) is 4.77. The van der Waals surface area contributed by atoms with Gasteiger partial charge in [0, 0.05) is 11.9 Å². The number of hydrogen-bond acceptors (Lipinski definition) is 4. The van der Waals surface area contributed by atoms with Gasteiger partial charge in [-0.2, -0.15) is 5.10 Å². The molecule has 25 heavy (non-hydrogen) atoms. The number of fused-ring (bicyclic) bond motifs is 1. The van der Waals surface area contributed by atoms with Crippen LogP contribution in [0.25, 0.3) is 10.8 Å². The van der Waals surface area contributed by atoms with Crippen molar-refractivity contribution < 1.29 is 4.79 Å². The average molecular weight is 342 g/mol. The van der Waals surface area contributed by atoms with Gasteiger partial charge in [0.05, 0.1) is 17.5 Å². The van der Waals surface area contributed by atoms with E-state index in [4.69, 9.17) is 0 Å². The zero-order valence-electron chi connectivity index (χ0n) is 14.6. The molecule has 1 fully saturated rings. The van der Waals surface area contributed by atoms with Crippen molar-refractivity contribution in [1.82, 2.24) is 20.4 Å². The van der Waals surface area contributed by atoms with Crippen molar-refractivity contribution >= 4 is 16.7 Å². The van der Waals surface area contributed by atoms with Crippen LogP contribution in [0.5, 0.6) is 0 Å². The molecule has 1 aromatic heterocycles. The van der Waals surface area contributed by atoms with Crippen molar-refractivity contribution in [3.8, 4) is 0 Å². The molecule has 0 spiro atoms. The van der Waals surface area contributed by atoms with Gasteiger partial charge in [-0.05, 0) is 45.0 Å². The van der Waals surface area contributed by atoms with Gasteiger partial charge in [-0.3, -0.25) is 9.59 Å². The van der Waals surface area contributed by atoms with E-state index >= 15 is 0 Å². The first-order chi connectivity index (χ1) is 12.2. The zero-order valence-corrected chi connectivity index (χ0v) is 14.6. The number of benzene rings is 1. The molecule has 0 radical (unpaired) electrons. The molecule has 0 atom stereocenters. The zero-order chi connectivity index (χ0) is 17.5. The lowest BCUT2D eigenvalue weighted by Gasteiger charge is -2.19. The Morgan fingerprint density at radius 2 is 1.84 bits per heavy atom. The summed E-state index contributed by atoms with van der Waals surface area (Å²) in [7, 11) is 0. The Labute approximate surface area is 147 Å². The Morgan fingerprint density at radius 3 is 2.60 bits per heavy atom. The van der Waals surface area contributed by atoms with Gasteiger partial charge in [0.15, 0.2) is 0 Å².